The van der Waals surface area contributed by atoms with Crippen molar-refractivity contribution in [1.29, 1.82) is 0 Å². The number of hydrogen-bond acceptors (Lipinski definition) is 3. The predicted molar refractivity (Wildman–Crippen MR) is 97.2 cm³/mol. The molecule has 2 aromatic carbocycles. The molecular formula is C21H19NO3. The summed E-state index contributed by atoms with van der Waals surface area (Å²) < 4.78 is 10.7. The van der Waals surface area contributed by atoms with E-state index in [0.29, 0.717) is 5.76 Å². The van der Waals surface area contributed by atoms with Gasteiger partial charge in [-0.25, -0.2) is 0 Å². The van der Waals surface area contributed by atoms with E-state index in [0.717, 1.165) is 16.9 Å². The van der Waals surface area contributed by atoms with Gasteiger partial charge in [-0.3, -0.25) is 4.79 Å². The standard InChI is InChI=1S/C21H19NO3/c1-24-18-10-5-7-16(15-18)12-13-20(23)22-21(19-11-6-14-25-19)17-8-3-2-4-9-17/h2-15,21H,1H3,(H,22,23)/b13-12+/t21-/m1/s1. The summed E-state index contributed by atoms with van der Waals surface area (Å²) in [6.45, 7) is 0. The SMILES string of the molecule is COc1cccc(/C=C/C(=O)N[C@H](c2ccccc2)c2ccco2)c1. The first kappa shape index (κ1) is 16.6. The molecule has 4 nitrogen and oxygen atoms in total. The predicted octanol–water partition coefficient (Wildman–Crippen LogP) is 4.21. The van der Waals surface area contributed by atoms with E-state index in [1.54, 1.807) is 19.4 Å². The van der Waals surface area contributed by atoms with Crippen LogP contribution in [0.4, 0.5) is 0 Å². The molecule has 1 N–H and O–H groups in total. The molecule has 0 saturated carbocycles. The van der Waals surface area contributed by atoms with Crippen LogP contribution in [0.25, 0.3) is 6.08 Å². The molecule has 3 aromatic rings. The maximum Gasteiger partial charge on any atom is 0.244 e. The molecule has 1 heterocycles. The third-order valence-electron chi connectivity index (χ3n) is 3.77. The van der Waals surface area contributed by atoms with Gasteiger partial charge < -0.3 is 14.5 Å². The molecule has 0 unspecified atom stereocenters. The van der Waals surface area contributed by atoms with Crippen LogP contribution in [0, 0.1) is 0 Å². The number of carbonyl (C=O) groups excluding carboxylic acids is 1. The fourth-order valence-corrected chi connectivity index (χ4v) is 2.53. The van der Waals surface area contributed by atoms with Crippen molar-refractivity contribution < 1.29 is 13.9 Å². The quantitative estimate of drug-likeness (QED) is 0.688. The van der Waals surface area contributed by atoms with Crippen molar-refractivity contribution in [3.8, 4) is 5.75 Å². The fourth-order valence-electron chi connectivity index (χ4n) is 2.53. The van der Waals surface area contributed by atoms with Crippen LogP contribution in [0.2, 0.25) is 0 Å². The number of benzene rings is 2. The van der Waals surface area contributed by atoms with Crippen LogP contribution in [-0.2, 0) is 4.79 Å². The molecule has 25 heavy (non-hydrogen) atoms. The average molecular weight is 333 g/mol. The molecule has 0 aliphatic heterocycles. The zero-order valence-corrected chi connectivity index (χ0v) is 13.9. The fraction of sp³-hybridized carbons (Fsp3) is 0.0952. The molecule has 1 aromatic heterocycles. The number of amides is 1. The van der Waals surface area contributed by atoms with E-state index < -0.39 is 0 Å². The topological polar surface area (TPSA) is 51.5 Å². The Bertz CT molecular complexity index is 839. The molecule has 0 aliphatic carbocycles. The number of rotatable bonds is 6. The highest BCUT2D eigenvalue weighted by Crippen LogP contribution is 2.22. The molecule has 0 aliphatic rings. The van der Waals surface area contributed by atoms with E-state index in [4.69, 9.17) is 9.15 Å². The van der Waals surface area contributed by atoms with Crippen molar-refractivity contribution in [1.82, 2.24) is 5.32 Å². The lowest BCUT2D eigenvalue weighted by Gasteiger charge is -2.16. The van der Waals surface area contributed by atoms with E-state index in [1.807, 2.05) is 66.7 Å². The maximum absolute atomic E-state index is 12.4. The summed E-state index contributed by atoms with van der Waals surface area (Å²) in [5.41, 5.74) is 1.85. The first-order chi connectivity index (χ1) is 12.3. The molecule has 3 rings (SSSR count). The van der Waals surface area contributed by atoms with Crippen molar-refractivity contribution in [3.63, 3.8) is 0 Å². The zero-order chi connectivity index (χ0) is 17.5. The van der Waals surface area contributed by atoms with E-state index in [1.165, 1.54) is 6.08 Å². The van der Waals surface area contributed by atoms with Crippen LogP contribution in [0.3, 0.4) is 0 Å². The molecule has 0 fully saturated rings. The number of carbonyl (C=O) groups is 1. The smallest absolute Gasteiger partial charge is 0.244 e. The number of methoxy groups -OCH3 is 1. The van der Waals surface area contributed by atoms with Gasteiger partial charge in [-0.1, -0.05) is 42.5 Å². The van der Waals surface area contributed by atoms with Gasteiger partial charge in [0.25, 0.3) is 0 Å². The van der Waals surface area contributed by atoms with E-state index in [-0.39, 0.29) is 11.9 Å². The lowest BCUT2D eigenvalue weighted by atomic mass is 10.0. The second kappa shape index (κ2) is 8.02. The van der Waals surface area contributed by atoms with E-state index in [2.05, 4.69) is 5.32 Å². The van der Waals surface area contributed by atoms with Crippen molar-refractivity contribution >= 4 is 12.0 Å². The second-order valence-electron chi connectivity index (χ2n) is 5.48. The molecular weight excluding hydrogens is 314 g/mol. The van der Waals surface area contributed by atoms with Crippen LogP contribution < -0.4 is 10.1 Å². The van der Waals surface area contributed by atoms with Crippen LogP contribution in [-0.4, -0.2) is 13.0 Å². The number of nitrogens with one attached hydrogen (secondary N) is 1. The minimum absolute atomic E-state index is 0.201. The van der Waals surface area contributed by atoms with Crippen molar-refractivity contribution in [2.45, 2.75) is 6.04 Å². The van der Waals surface area contributed by atoms with Crippen LogP contribution in [0.1, 0.15) is 22.9 Å². The van der Waals surface area contributed by atoms with Gasteiger partial charge in [-0.2, -0.15) is 0 Å². The minimum Gasteiger partial charge on any atom is -0.497 e. The first-order valence-corrected chi connectivity index (χ1v) is 7.97. The Morgan fingerprint density at radius 1 is 1.08 bits per heavy atom. The Morgan fingerprint density at radius 2 is 1.92 bits per heavy atom. The summed E-state index contributed by atoms with van der Waals surface area (Å²) in [6, 6.07) is 20.6. The summed E-state index contributed by atoms with van der Waals surface area (Å²) in [6.07, 6.45) is 4.86. The highest BCUT2D eigenvalue weighted by Gasteiger charge is 2.17. The van der Waals surface area contributed by atoms with Crippen LogP contribution in [0.15, 0.2) is 83.5 Å². The number of ether oxygens (including phenoxy) is 1. The Morgan fingerprint density at radius 3 is 2.64 bits per heavy atom. The maximum atomic E-state index is 12.4. The van der Waals surface area contributed by atoms with Crippen LogP contribution >= 0.6 is 0 Å². The molecule has 1 atom stereocenters. The van der Waals surface area contributed by atoms with Gasteiger partial charge in [0.2, 0.25) is 5.91 Å². The zero-order valence-electron chi connectivity index (χ0n) is 13.9. The monoisotopic (exact) mass is 333 g/mol. The molecule has 0 saturated heterocycles. The van der Waals surface area contributed by atoms with Crippen molar-refractivity contribution in [2.24, 2.45) is 0 Å². The normalized spacial score (nSPS) is 12.0. The van der Waals surface area contributed by atoms with Crippen molar-refractivity contribution in [3.05, 3.63) is 96.0 Å². The molecule has 1 amide bonds. The van der Waals surface area contributed by atoms with Gasteiger partial charge >= 0.3 is 0 Å². The Hall–Kier alpha value is -3.27. The van der Waals surface area contributed by atoms with Gasteiger partial charge in [0.05, 0.1) is 13.4 Å². The lowest BCUT2D eigenvalue weighted by Crippen LogP contribution is -2.27. The van der Waals surface area contributed by atoms with Gasteiger partial charge in [0, 0.05) is 6.08 Å². The lowest BCUT2D eigenvalue weighted by molar-refractivity contribution is -0.117. The third-order valence-corrected chi connectivity index (χ3v) is 3.77. The first-order valence-electron chi connectivity index (χ1n) is 7.97. The Labute approximate surface area is 146 Å². The number of furan rings is 1. The Balaban J connectivity index is 1.75. The summed E-state index contributed by atoms with van der Waals surface area (Å²) in [5.74, 6) is 1.24. The van der Waals surface area contributed by atoms with Gasteiger partial charge in [-0.05, 0) is 41.5 Å². The van der Waals surface area contributed by atoms with E-state index in [9.17, 15) is 4.79 Å². The average Bonchev–Trinajstić information content (AvgIpc) is 3.20. The summed E-state index contributed by atoms with van der Waals surface area (Å²) in [4.78, 5) is 12.4. The summed E-state index contributed by atoms with van der Waals surface area (Å²) in [5, 5.41) is 2.98. The summed E-state index contributed by atoms with van der Waals surface area (Å²) in [7, 11) is 1.61. The summed E-state index contributed by atoms with van der Waals surface area (Å²) >= 11 is 0. The molecule has 4 heteroatoms. The third kappa shape index (κ3) is 4.38. The molecule has 0 radical (unpaired) electrons. The highest BCUT2D eigenvalue weighted by molar-refractivity contribution is 5.92. The minimum atomic E-state index is -0.335. The number of hydrogen-bond donors (Lipinski definition) is 1. The van der Waals surface area contributed by atoms with Gasteiger partial charge in [-0.15, -0.1) is 0 Å². The van der Waals surface area contributed by atoms with Gasteiger partial charge in [0.15, 0.2) is 0 Å². The van der Waals surface area contributed by atoms with Gasteiger partial charge in [0.1, 0.15) is 17.6 Å². The second-order valence-corrected chi connectivity index (χ2v) is 5.48. The highest BCUT2D eigenvalue weighted by atomic mass is 16.5. The van der Waals surface area contributed by atoms with Crippen molar-refractivity contribution in [2.75, 3.05) is 7.11 Å². The Kier molecular flexibility index (Phi) is 5.32. The molecule has 0 spiro atoms. The molecule has 0 bridgehead atoms. The van der Waals surface area contributed by atoms with Crippen LogP contribution in [0.5, 0.6) is 5.75 Å². The van der Waals surface area contributed by atoms with E-state index >= 15 is 0 Å². The largest absolute Gasteiger partial charge is 0.497 e. The molecule has 126 valence electrons.